The van der Waals surface area contributed by atoms with Crippen molar-refractivity contribution in [3.8, 4) is 5.75 Å². The number of para-hydroxylation sites is 1. The Balaban J connectivity index is 1.83. The number of carbonyl (C=O) groups excluding carboxylic acids is 1. The SMILES string of the molecule is CCn1nc(C(=O)NCCOc2ccccc2)ccc1=O. The number of hydrogen-bond acceptors (Lipinski definition) is 4. The van der Waals surface area contributed by atoms with Gasteiger partial charge >= 0.3 is 0 Å². The number of nitrogens with one attached hydrogen (secondary N) is 1. The van der Waals surface area contributed by atoms with E-state index in [0.29, 0.717) is 19.7 Å². The highest BCUT2D eigenvalue weighted by Crippen LogP contribution is 2.07. The lowest BCUT2D eigenvalue weighted by Crippen LogP contribution is -2.31. The molecule has 1 aromatic carbocycles. The van der Waals surface area contributed by atoms with Crippen LogP contribution >= 0.6 is 0 Å². The van der Waals surface area contributed by atoms with E-state index in [0.717, 1.165) is 5.75 Å². The van der Waals surface area contributed by atoms with E-state index in [4.69, 9.17) is 4.74 Å². The average Bonchev–Trinajstić information content (AvgIpc) is 2.53. The second kappa shape index (κ2) is 7.23. The normalized spacial score (nSPS) is 10.1. The van der Waals surface area contributed by atoms with Gasteiger partial charge in [0.15, 0.2) is 0 Å². The summed E-state index contributed by atoms with van der Waals surface area (Å²) in [6.45, 7) is 2.95. The van der Waals surface area contributed by atoms with Gasteiger partial charge in [-0.3, -0.25) is 9.59 Å². The third kappa shape index (κ3) is 4.17. The van der Waals surface area contributed by atoms with E-state index in [2.05, 4.69) is 10.4 Å². The molecular formula is C15H17N3O3. The number of rotatable bonds is 6. The van der Waals surface area contributed by atoms with E-state index >= 15 is 0 Å². The first-order valence-electron chi connectivity index (χ1n) is 6.75. The highest BCUT2D eigenvalue weighted by molar-refractivity contribution is 5.91. The summed E-state index contributed by atoms with van der Waals surface area (Å²) >= 11 is 0. The van der Waals surface area contributed by atoms with Crippen LogP contribution in [0.5, 0.6) is 5.75 Å². The number of aromatic nitrogens is 2. The summed E-state index contributed by atoms with van der Waals surface area (Å²) < 4.78 is 6.71. The lowest BCUT2D eigenvalue weighted by Gasteiger charge is -2.08. The van der Waals surface area contributed by atoms with E-state index in [-0.39, 0.29) is 17.2 Å². The van der Waals surface area contributed by atoms with Crippen LogP contribution in [0.15, 0.2) is 47.3 Å². The Morgan fingerprint density at radius 2 is 2.00 bits per heavy atom. The predicted molar refractivity (Wildman–Crippen MR) is 78.4 cm³/mol. The number of ether oxygens (including phenoxy) is 1. The van der Waals surface area contributed by atoms with E-state index in [1.165, 1.54) is 16.8 Å². The minimum absolute atomic E-state index is 0.219. The first kappa shape index (κ1) is 14.8. The van der Waals surface area contributed by atoms with Gasteiger partial charge in [-0.2, -0.15) is 5.10 Å². The van der Waals surface area contributed by atoms with Gasteiger partial charge in [-0.05, 0) is 25.1 Å². The third-order valence-electron chi connectivity index (χ3n) is 2.80. The van der Waals surface area contributed by atoms with Crippen LogP contribution in [0.3, 0.4) is 0 Å². The molecule has 2 aromatic rings. The zero-order chi connectivity index (χ0) is 15.1. The number of carbonyl (C=O) groups is 1. The number of amides is 1. The fourth-order valence-electron chi connectivity index (χ4n) is 1.74. The molecule has 0 aliphatic carbocycles. The molecule has 0 aliphatic heterocycles. The van der Waals surface area contributed by atoms with Gasteiger partial charge in [0.25, 0.3) is 11.5 Å². The smallest absolute Gasteiger partial charge is 0.271 e. The molecule has 0 bridgehead atoms. The van der Waals surface area contributed by atoms with Crippen LogP contribution in [-0.4, -0.2) is 28.8 Å². The molecule has 6 nitrogen and oxygen atoms in total. The van der Waals surface area contributed by atoms with Gasteiger partial charge in [0, 0.05) is 12.6 Å². The van der Waals surface area contributed by atoms with Crippen LogP contribution in [0.2, 0.25) is 0 Å². The van der Waals surface area contributed by atoms with E-state index in [9.17, 15) is 9.59 Å². The van der Waals surface area contributed by atoms with Crippen molar-refractivity contribution in [3.05, 3.63) is 58.5 Å². The molecule has 6 heteroatoms. The van der Waals surface area contributed by atoms with Crippen molar-refractivity contribution in [2.45, 2.75) is 13.5 Å². The van der Waals surface area contributed by atoms with Crippen molar-refractivity contribution in [2.75, 3.05) is 13.2 Å². The summed E-state index contributed by atoms with van der Waals surface area (Å²) in [4.78, 5) is 23.3. The van der Waals surface area contributed by atoms with Crippen molar-refractivity contribution in [2.24, 2.45) is 0 Å². The standard InChI is InChI=1S/C15H17N3O3/c1-2-18-14(19)9-8-13(17-18)15(20)16-10-11-21-12-6-4-3-5-7-12/h3-9H,2,10-11H2,1H3,(H,16,20). The van der Waals surface area contributed by atoms with E-state index in [1.807, 2.05) is 30.3 Å². The first-order valence-corrected chi connectivity index (χ1v) is 6.75. The first-order chi connectivity index (χ1) is 10.2. The van der Waals surface area contributed by atoms with Gasteiger partial charge in [-0.15, -0.1) is 0 Å². The Morgan fingerprint density at radius 3 is 2.71 bits per heavy atom. The van der Waals surface area contributed by atoms with Gasteiger partial charge in [0.1, 0.15) is 18.1 Å². The molecule has 0 saturated heterocycles. The van der Waals surface area contributed by atoms with Gasteiger partial charge in [0.05, 0.1) is 6.54 Å². The molecule has 1 N–H and O–H groups in total. The molecule has 0 radical (unpaired) electrons. The lowest BCUT2D eigenvalue weighted by atomic mass is 10.3. The molecule has 1 amide bonds. The number of benzene rings is 1. The fraction of sp³-hybridized carbons (Fsp3) is 0.267. The molecule has 0 unspecified atom stereocenters. The van der Waals surface area contributed by atoms with Crippen molar-refractivity contribution in [3.63, 3.8) is 0 Å². The summed E-state index contributed by atoms with van der Waals surface area (Å²) in [7, 11) is 0. The van der Waals surface area contributed by atoms with Crippen molar-refractivity contribution >= 4 is 5.91 Å². The van der Waals surface area contributed by atoms with Gasteiger partial charge in [0.2, 0.25) is 0 Å². The third-order valence-corrected chi connectivity index (χ3v) is 2.80. The molecular weight excluding hydrogens is 270 g/mol. The van der Waals surface area contributed by atoms with Crippen LogP contribution in [0.4, 0.5) is 0 Å². The summed E-state index contributed by atoms with van der Waals surface area (Å²) in [5, 5.41) is 6.68. The lowest BCUT2D eigenvalue weighted by molar-refractivity contribution is 0.0939. The summed E-state index contributed by atoms with van der Waals surface area (Å²) in [5.74, 6) is 0.429. The van der Waals surface area contributed by atoms with Crippen LogP contribution in [0.1, 0.15) is 17.4 Å². The van der Waals surface area contributed by atoms with Crippen LogP contribution < -0.4 is 15.6 Å². The second-order valence-corrected chi connectivity index (χ2v) is 4.29. The Morgan fingerprint density at radius 1 is 1.24 bits per heavy atom. The van der Waals surface area contributed by atoms with Gasteiger partial charge < -0.3 is 10.1 Å². The maximum Gasteiger partial charge on any atom is 0.271 e. The zero-order valence-electron chi connectivity index (χ0n) is 11.8. The second-order valence-electron chi connectivity index (χ2n) is 4.29. The monoisotopic (exact) mass is 287 g/mol. The van der Waals surface area contributed by atoms with E-state index in [1.54, 1.807) is 6.92 Å². The van der Waals surface area contributed by atoms with E-state index < -0.39 is 0 Å². The van der Waals surface area contributed by atoms with Crippen molar-refractivity contribution in [1.82, 2.24) is 15.1 Å². The minimum atomic E-state index is -0.325. The quantitative estimate of drug-likeness (QED) is 0.807. The molecule has 1 heterocycles. The molecule has 0 atom stereocenters. The topological polar surface area (TPSA) is 73.2 Å². The molecule has 1 aromatic heterocycles. The maximum absolute atomic E-state index is 11.9. The predicted octanol–water partition coefficient (Wildman–Crippen LogP) is 1.07. The highest BCUT2D eigenvalue weighted by Gasteiger charge is 2.08. The zero-order valence-corrected chi connectivity index (χ0v) is 11.8. The molecule has 2 rings (SSSR count). The largest absolute Gasteiger partial charge is 0.492 e. The Kier molecular flexibility index (Phi) is 5.09. The number of hydrogen-bond donors (Lipinski definition) is 1. The maximum atomic E-state index is 11.9. The molecule has 0 saturated carbocycles. The van der Waals surface area contributed by atoms with Crippen molar-refractivity contribution in [1.29, 1.82) is 0 Å². The Labute approximate surface area is 122 Å². The molecule has 110 valence electrons. The Bertz CT molecular complexity index is 653. The van der Waals surface area contributed by atoms with Crippen LogP contribution in [-0.2, 0) is 6.54 Å². The molecule has 0 fully saturated rings. The molecule has 0 aliphatic rings. The molecule has 0 spiro atoms. The van der Waals surface area contributed by atoms with Crippen molar-refractivity contribution < 1.29 is 9.53 Å². The van der Waals surface area contributed by atoms with Crippen LogP contribution in [0, 0.1) is 0 Å². The summed E-state index contributed by atoms with van der Waals surface area (Å²) in [5.41, 5.74) is -0.00220. The van der Waals surface area contributed by atoms with Crippen LogP contribution in [0.25, 0.3) is 0 Å². The summed E-state index contributed by atoms with van der Waals surface area (Å²) in [6, 6.07) is 12.1. The number of aryl methyl sites for hydroxylation is 1. The van der Waals surface area contributed by atoms with Gasteiger partial charge in [-0.25, -0.2) is 4.68 Å². The molecule has 21 heavy (non-hydrogen) atoms. The minimum Gasteiger partial charge on any atom is -0.492 e. The average molecular weight is 287 g/mol. The Hall–Kier alpha value is -2.63. The highest BCUT2D eigenvalue weighted by atomic mass is 16.5. The fourth-order valence-corrected chi connectivity index (χ4v) is 1.74. The number of nitrogens with zero attached hydrogens (tertiary/aromatic N) is 2. The summed E-state index contributed by atoms with van der Waals surface area (Å²) in [6.07, 6.45) is 0. The van der Waals surface area contributed by atoms with Gasteiger partial charge in [-0.1, -0.05) is 18.2 Å².